The molecule has 0 spiro atoms. The fourth-order valence-corrected chi connectivity index (χ4v) is 4.48. The van der Waals surface area contributed by atoms with Crippen molar-refractivity contribution < 1.29 is 22.7 Å². The molecule has 146 valence electrons. The van der Waals surface area contributed by atoms with Gasteiger partial charge in [-0.1, -0.05) is 0 Å². The summed E-state index contributed by atoms with van der Waals surface area (Å²) in [5, 5.41) is 0. The highest BCUT2D eigenvalue weighted by Crippen LogP contribution is 2.20. The number of hydrogen-bond acceptors (Lipinski definition) is 6. The van der Waals surface area contributed by atoms with Crippen molar-refractivity contribution in [2.24, 2.45) is 11.7 Å². The van der Waals surface area contributed by atoms with E-state index in [0.717, 1.165) is 12.8 Å². The van der Waals surface area contributed by atoms with Crippen molar-refractivity contribution >= 4 is 15.9 Å². The summed E-state index contributed by atoms with van der Waals surface area (Å²) in [4.78, 5) is 14.3. The third-order valence-corrected chi connectivity index (χ3v) is 6.63. The lowest BCUT2D eigenvalue weighted by molar-refractivity contribution is -0.135. The summed E-state index contributed by atoms with van der Waals surface area (Å²) >= 11 is 0. The van der Waals surface area contributed by atoms with Crippen LogP contribution in [0.1, 0.15) is 26.7 Å². The molecule has 2 aliphatic heterocycles. The maximum atomic E-state index is 12.6. The van der Waals surface area contributed by atoms with Crippen molar-refractivity contribution in [3.05, 3.63) is 0 Å². The smallest absolute Gasteiger partial charge is 0.239 e. The number of nitrogens with zero attached hydrogens (tertiary/aromatic N) is 2. The Kier molecular flexibility index (Phi) is 7.63. The summed E-state index contributed by atoms with van der Waals surface area (Å²) in [6, 6.07) is -0.522. The van der Waals surface area contributed by atoms with Crippen molar-refractivity contribution in [2.75, 3.05) is 51.8 Å². The molecular weight excluding hydrogens is 346 g/mol. The molecule has 2 N–H and O–H groups in total. The van der Waals surface area contributed by atoms with Crippen LogP contribution in [0.15, 0.2) is 0 Å². The van der Waals surface area contributed by atoms with Gasteiger partial charge in [0.2, 0.25) is 15.9 Å². The van der Waals surface area contributed by atoms with E-state index in [4.69, 9.17) is 15.2 Å². The molecule has 0 aliphatic carbocycles. The first-order valence-electron chi connectivity index (χ1n) is 9.03. The van der Waals surface area contributed by atoms with Gasteiger partial charge in [-0.2, -0.15) is 4.31 Å². The third-order valence-electron chi connectivity index (χ3n) is 4.80. The largest absolute Gasteiger partial charge is 0.381 e. The van der Waals surface area contributed by atoms with Gasteiger partial charge in [0.05, 0.1) is 24.5 Å². The lowest BCUT2D eigenvalue weighted by Crippen LogP contribution is -2.56. The Morgan fingerprint density at radius 1 is 1.20 bits per heavy atom. The van der Waals surface area contributed by atoms with Gasteiger partial charge in [-0.25, -0.2) is 8.42 Å². The minimum absolute atomic E-state index is 0.0105. The number of ether oxygens (including phenoxy) is 2. The van der Waals surface area contributed by atoms with Crippen LogP contribution in [0, 0.1) is 5.92 Å². The van der Waals surface area contributed by atoms with Gasteiger partial charge in [0.25, 0.3) is 0 Å². The lowest BCUT2D eigenvalue weighted by Gasteiger charge is -2.37. The van der Waals surface area contributed by atoms with E-state index in [1.807, 2.05) is 13.8 Å². The maximum Gasteiger partial charge on any atom is 0.239 e. The Balaban J connectivity index is 1.80. The Morgan fingerprint density at radius 2 is 1.80 bits per heavy atom. The SMILES string of the molecule is CC(C)OCCS(=O)(=O)N1CCN(C(=O)C(N)C2CCOCC2)CC1. The molecule has 1 unspecified atom stereocenters. The second-order valence-corrected chi connectivity index (χ2v) is 9.02. The second kappa shape index (κ2) is 9.27. The Bertz CT molecular complexity index is 526. The van der Waals surface area contributed by atoms with E-state index in [-0.39, 0.29) is 30.3 Å². The number of piperazine rings is 1. The fourth-order valence-electron chi connectivity index (χ4n) is 3.19. The highest BCUT2D eigenvalue weighted by Gasteiger charge is 2.33. The molecule has 0 radical (unpaired) electrons. The molecule has 2 heterocycles. The zero-order valence-electron chi connectivity index (χ0n) is 15.2. The predicted octanol–water partition coefficient (Wildman–Crippen LogP) is -0.361. The summed E-state index contributed by atoms with van der Waals surface area (Å²) in [7, 11) is -3.35. The van der Waals surface area contributed by atoms with Crippen LogP contribution in [0.2, 0.25) is 0 Å². The van der Waals surface area contributed by atoms with Gasteiger partial charge in [0.15, 0.2) is 0 Å². The quantitative estimate of drug-likeness (QED) is 0.650. The number of nitrogens with two attached hydrogens (primary N) is 1. The van der Waals surface area contributed by atoms with Crippen LogP contribution in [0.25, 0.3) is 0 Å². The van der Waals surface area contributed by atoms with Crippen molar-refractivity contribution in [1.29, 1.82) is 0 Å². The number of carbonyl (C=O) groups is 1. The highest BCUT2D eigenvalue weighted by molar-refractivity contribution is 7.89. The summed E-state index contributed by atoms with van der Waals surface area (Å²) in [6.07, 6.45) is 1.62. The first kappa shape index (κ1) is 20.6. The van der Waals surface area contributed by atoms with Crippen LogP contribution in [0.3, 0.4) is 0 Å². The molecule has 1 amide bonds. The van der Waals surface area contributed by atoms with Crippen LogP contribution < -0.4 is 5.73 Å². The molecule has 25 heavy (non-hydrogen) atoms. The Labute approximate surface area is 150 Å². The van der Waals surface area contributed by atoms with E-state index < -0.39 is 16.1 Å². The second-order valence-electron chi connectivity index (χ2n) is 6.94. The van der Waals surface area contributed by atoms with E-state index in [0.29, 0.717) is 39.4 Å². The molecule has 2 aliphatic rings. The standard InChI is InChI=1S/C16H31N3O5S/c1-13(2)24-11-12-25(21,22)19-7-5-18(6-8-19)16(20)15(17)14-3-9-23-10-4-14/h13-15H,3-12,17H2,1-2H3. The Morgan fingerprint density at radius 3 is 2.36 bits per heavy atom. The minimum atomic E-state index is -3.35. The van der Waals surface area contributed by atoms with Crippen LogP contribution in [0.5, 0.6) is 0 Å². The van der Waals surface area contributed by atoms with Crippen LogP contribution in [-0.4, -0.2) is 87.4 Å². The molecule has 1 atom stereocenters. The first-order chi connectivity index (χ1) is 11.8. The van der Waals surface area contributed by atoms with Gasteiger partial charge in [0.1, 0.15) is 0 Å². The van der Waals surface area contributed by atoms with Crippen LogP contribution in [0.4, 0.5) is 0 Å². The van der Waals surface area contributed by atoms with Crippen LogP contribution in [-0.2, 0) is 24.3 Å². The molecule has 2 fully saturated rings. The van der Waals surface area contributed by atoms with Crippen molar-refractivity contribution in [2.45, 2.75) is 38.8 Å². The topological polar surface area (TPSA) is 102 Å². The monoisotopic (exact) mass is 377 g/mol. The number of carbonyl (C=O) groups excluding carboxylic acids is 1. The van der Waals surface area contributed by atoms with Gasteiger partial charge >= 0.3 is 0 Å². The summed E-state index contributed by atoms with van der Waals surface area (Å²) < 4.78 is 36.7. The molecule has 2 rings (SSSR count). The molecule has 9 heteroatoms. The van der Waals surface area contributed by atoms with Gasteiger partial charge in [-0.05, 0) is 32.6 Å². The van der Waals surface area contributed by atoms with Gasteiger partial charge < -0.3 is 20.1 Å². The molecule has 8 nitrogen and oxygen atoms in total. The molecule has 0 aromatic heterocycles. The number of amides is 1. The average Bonchev–Trinajstić information content (AvgIpc) is 2.61. The molecule has 0 aromatic rings. The maximum absolute atomic E-state index is 12.6. The van der Waals surface area contributed by atoms with E-state index in [2.05, 4.69) is 0 Å². The van der Waals surface area contributed by atoms with Gasteiger partial charge in [-0.15, -0.1) is 0 Å². The Hall–Kier alpha value is -0.740. The molecular formula is C16H31N3O5S. The number of rotatable bonds is 7. The van der Waals surface area contributed by atoms with E-state index in [1.165, 1.54) is 4.31 Å². The zero-order valence-corrected chi connectivity index (χ0v) is 16.0. The summed E-state index contributed by atoms with van der Waals surface area (Å²) in [5.74, 6) is 0.0454. The van der Waals surface area contributed by atoms with E-state index in [9.17, 15) is 13.2 Å². The van der Waals surface area contributed by atoms with Crippen molar-refractivity contribution in [3.63, 3.8) is 0 Å². The minimum Gasteiger partial charge on any atom is -0.381 e. The average molecular weight is 378 g/mol. The highest BCUT2D eigenvalue weighted by atomic mass is 32.2. The number of sulfonamides is 1. The lowest BCUT2D eigenvalue weighted by atomic mass is 9.91. The van der Waals surface area contributed by atoms with Crippen LogP contribution >= 0.6 is 0 Å². The summed E-state index contributed by atoms with van der Waals surface area (Å²) in [6.45, 7) is 6.64. The van der Waals surface area contributed by atoms with Gasteiger partial charge in [0, 0.05) is 39.4 Å². The van der Waals surface area contributed by atoms with E-state index >= 15 is 0 Å². The molecule has 0 bridgehead atoms. The molecule has 0 saturated carbocycles. The number of hydrogen-bond donors (Lipinski definition) is 1. The fraction of sp³-hybridized carbons (Fsp3) is 0.938. The molecule has 2 saturated heterocycles. The summed E-state index contributed by atoms with van der Waals surface area (Å²) in [5.41, 5.74) is 6.14. The predicted molar refractivity (Wildman–Crippen MR) is 94.5 cm³/mol. The molecule has 0 aromatic carbocycles. The normalized spacial score (nSPS) is 22.3. The first-order valence-corrected chi connectivity index (χ1v) is 10.6. The van der Waals surface area contributed by atoms with Crippen molar-refractivity contribution in [3.8, 4) is 0 Å². The van der Waals surface area contributed by atoms with E-state index in [1.54, 1.807) is 4.90 Å². The zero-order chi connectivity index (χ0) is 18.4. The van der Waals surface area contributed by atoms with Crippen molar-refractivity contribution in [1.82, 2.24) is 9.21 Å². The van der Waals surface area contributed by atoms with Gasteiger partial charge in [-0.3, -0.25) is 4.79 Å². The third kappa shape index (κ3) is 5.89.